The molecule has 0 radical (unpaired) electrons. The summed E-state index contributed by atoms with van der Waals surface area (Å²) < 4.78 is 0. The molecule has 0 unspecified atom stereocenters. The van der Waals surface area contributed by atoms with Crippen molar-refractivity contribution >= 4 is 23.1 Å². The van der Waals surface area contributed by atoms with Crippen molar-refractivity contribution in [2.45, 2.75) is 19.3 Å². The summed E-state index contributed by atoms with van der Waals surface area (Å²) >= 11 is 5.81. The molecule has 86 valence electrons. The van der Waals surface area contributed by atoms with E-state index >= 15 is 0 Å². The van der Waals surface area contributed by atoms with E-state index in [-0.39, 0.29) is 5.78 Å². The third kappa shape index (κ3) is 2.66. The normalized spacial score (nSPS) is 15.1. The lowest BCUT2D eigenvalue weighted by Gasteiger charge is -2.14. The van der Waals surface area contributed by atoms with Gasteiger partial charge in [0.1, 0.15) is 6.07 Å². The lowest BCUT2D eigenvalue weighted by Crippen LogP contribution is -2.15. The van der Waals surface area contributed by atoms with Crippen molar-refractivity contribution in [1.82, 2.24) is 0 Å². The van der Waals surface area contributed by atoms with Crippen molar-refractivity contribution in [1.29, 1.82) is 5.26 Å². The molecule has 0 spiro atoms. The van der Waals surface area contributed by atoms with E-state index in [2.05, 4.69) is 11.4 Å². The Morgan fingerprint density at radius 1 is 1.41 bits per heavy atom. The van der Waals surface area contributed by atoms with Gasteiger partial charge in [0.05, 0.1) is 16.9 Å². The van der Waals surface area contributed by atoms with Gasteiger partial charge in [-0.1, -0.05) is 17.7 Å². The molecular formula is C13H11ClN2O. The average molecular weight is 247 g/mol. The highest BCUT2D eigenvalue weighted by Crippen LogP contribution is 2.23. The van der Waals surface area contributed by atoms with E-state index in [1.165, 1.54) is 0 Å². The average Bonchev–Trinajstić information content (AvgIpc) is 2.34. The summed E-state index contributed by atoms with van der Waals surface area (Å²) in [7, 11) is 0. The number of halogens is 1. The molecule has 0 heterocycles. The molecule has 2 rings (SSSR count). The zero-order valence-electron chi connectivity index (χ0n) is 9.16. The van der Waals surface area contributed by atoms with Gasteiger partial charge >= 0.3 is 0 Å². The predicted molar refractivity (Wildman–Crippen MR) is 66.7 cm³/mol. The number of benzene rings is 1. The van der Waals surface area contributed by atoms with Crippen molar-refractivity contribution in [3.05, 3.63) is 40.6 Å². The number of Topliss-reactive ketones (excluding diaryl/α,β-unsaturated/α-hetero) is 1. The summed E-state index contributed by atoms with van der Waals surface area (Å²) in [6.45, 7) is 0. The van der Waals surface area contributed by atoms with E-state index < -0.39 is 0 Å². The van der Waals surface area contributed by atoms with E-state index in [4.69, 9.17) is 16.9 Å². The second kappa shape index (κ2) is 5.03. The number of nitrogens with zero attached hydrogens (tertiary/aromatic N) is 1. The lowest BCUT2D eigenvalue weighted by molar-refractivity contribution is -0.115. The zero-order valence-corrected chi connectivity index (χ0v) is 9.92. The molecule has 1 aromatic rings. The van der Waals surface area contributed by atoms with E-state index in [0.29, 0.717) is 28.4 Å². The van der Waals surface area contributed by atoms with Crippen molar-refractivity contribution in [3.8, 4) is 6.07 Å². The fraction of sp³-hybridized carbons (Fsp3) is 0.231. The summed E-state index contributed by atoms with van der Waals surface area (Å²) in [4.78, 5) is 11.6. The summed E-state index contributed by atoms with van der Waals surface area (Å²) in [6, 6.07) is 7.04. The van der Waals surface area contributed by atoms with Crippen LogP contribution in [-0.2, 0) is 4.79 Å². The van der Waals surface area contributed by atoms with Gasteiger partial charge in [0.2, 0.25) is 0 Å². The van der Waals surface area contributed by atoms with E-state index in [1.807, 2.05) is 6.08 Å². The van der Waals surface area contributed by atoms with Crippen LogP contribution in [-0.4, -0.2) is 5.78 Å². The number of rotatable bonds is 2. The summed E-state index contributed by atoms with van der Waals surface area (Å²) in [6.07, 6.45) is 4.23. The van der Waals surface area contributed by atoms with Crippen LogP contribution in [0.2, 0.25) is 5.02 Å². The molecule has 0 saturated carbocycles. The number of ketones is 1. The first-order valence-electron chi connectivity index (χ1n) is 5.41. The molecule has 0 amide bonds. The highest BCUT2D eigenvalue weighted by atomic mass is 35.5. The Balaban J connectivity index is 2.27. The van der Waals surface area contributed by atoms with E-state index in [1.54, 1.807) is 18.2 Å². The predicted octanol–water partition coefficient (Wildman–Crippen LogP) is 3.26. The quantitative estimate of drug-likeness (QED) is 0.871. The molecule has 0 aromatic heterocycles. The van der Waals surface area contributed by atoms with Crippen molar-refractivity contribution in [3.63, 3.8) is 0 Å². The SMILES string of the molecule is N#Cc1cc(Cl)ccc1NC1=CCCCC1=O. The summed E-state index contributed by atoms with van der Waals surface area (Å²) in [5, 5.41) is 12.5. The van der Waals surface area contributed by atoms with Gasteiger partial charge in [0.25, 0.3) is 0 Å². The fourth-order valence-electron chi connectivity index (χ4n) is 1.74. The van der Waals surface area contributed by atoms with Crippen LogP contribution in [0, 0.1) is 11.3 Å². The standard InChI is InChI=1S/C13H11ClN2O/c14-10-5-6-11(9(7-10)8-15)16-12-3-1-2-4-13(12)17/h3,5-7,16H,1-2,4H2. The molecule has 1 aliphatic carbocycles. The summed E-state index contributed by atoms with van der Waals surface area (Å²) in [5.74, 6) is 0.0927. The van der Waals surface area contributed by atoms with Gasteiger partial charge in [0, 0.05) is 11.4 Å². The molecule has 4 heteroatoms. The highest BCUT2D eigenvalue weighted by Gasteiger charge is 2.14. The maximum atomic E-state index is 11.6. The molecule has 3 nitrogen and oxygen atoms in total. The van der Waals surface area contributed by atoms with Crippen LogP contribution in [0.3, 0.4) is 0 Å². The number of allylic oxidation sites excluding steroid dienone is 2. The van der Waals surface area contributed by atoms with E-state index in [9.17, 15) is 4.79 Å². The fourth-order valence-corrected chi connectivity index (χ4v) is 1.91. The van der Waals surface area contributed by atoms with Crippen LogP contribution in [0.4, 0.5) is 5.69 Å². The van der Waals surface area contributed by atoms with Crippen LogP contribution in [0.5, 0.6) is 0 Å². The van der Waals surface area contributed by atoms with Gasteiger partial charge in [-0.2, -0.15) is 5.26 Å². The largest absolute Gasteiger partial charge is 0.352 e. The first-order valence-corrected chi connectivity index (χ1v) is 5.78. The number of carbonyl (C=O) groups excluding carboxylic acids is 1. The zero-order chi connectivity index (χ0) is 12.3. The molecule has 0 fully saturated rings. The second-order valence-electron chi connectivity index (χ2n) is 3.86. The molecule has 1 N–H and O–H groups in total. The first-order chi connectivity index (χ1) is 8.20. The maximum absolute atomic E-state index is 11.6. The number of hydrogen-bond acceptors (Lipinski definition) is 3. The molecule has 0 saturated heterocycles. The van der Waals surface area contributed by atoms with Crippen molar-refractivity contribution in [2.24, 2.45) is 0 Å². The first kappa shape index (κ1) is 11.7. The topological polar surface area (TPSA) is 52.9 Å². The number of nitriles is 1. The van der Waals surface area contributed by atoms with Crippen LogP contribution in [0.25, 0.3) is 0 Å². The summed E-state index contributed by atoms with van der Waals surface area (Å²) in [5.41, 5.74) is 1.64. The van der Waals surface area contributed by atoms with Gasteiger partial charge in [-0.15, -0.1) is 0 Å². The van der Waals surface area contributed by atoms with Crippen molar-refractivity contribution < 1.29 is 4.79 Å². The molecule has 1 aliphatic rings. The Morgan fingerprint density at radius 2 is 2.24 bits per heavy atom. The van der Waals surface area contributed by atoms with Gasteiger partial charge < -0.3 is 5.32 Å². The van der Waals surface area contributed by atoms with Gasteiger partial charge in [-0.3, -0.25) is 4.79 Å². The molecule has 0 bridgehead atoms. The minimum atomic E-state index is 0.0927. The Morgan fingerprint density at radius 3 is 2.94 bits per heavy atom. The van der Waals surface area contributed by atoms with Gasteiger partial charge in [-0.25, -0.2) is 0 Å². The number of hydrogen-bond donors (Lipinski definition) is 1. The molecule has 0 aliphatic heterocycles. The Hall–Kier alpha value is -1.79. The lowest BCUT2D eigenvalue weighted by atomic mass is 10.0. The van der Waals surface area contributed by atoms with Crippen LogP contribution < -0.4 is 5.32 Å². The minimum absolute atomic E-state index is 0.0927. The molecule has 0 atom stereocenters. The third-order valence-corrected chi connectivity index (χ3v) is 2.86. The van der Waals surface area contributed by atoms with Gasteiger partial charge in [-0.05, 0) is 31.0 Å². The number of carbonyl (C=O) groups is 1. The molecule has 1 aromatic carbocycles. The van der Waals surface area contributed by atoms with E-state index in [0.717, 1.165) is 12.8 Å². The minimum Gasteiger partial charge on any atom is -0.352 e. The molecular weight excluding hydrogens is 236 g/mol. The Labute approximate surface area is 105 Å². The Kier molecular flexibility index (Phi) is 3.46. The smallest absolute Gasteiger partial charge is 0.178 e. The van der Waals surface area contributed by atoms with Crippen LogP contribution in [0.1, 0.15) is 24.8 Å². The second-order valence-corrected chi connectivity index (χ2v) is 4.30. The maximum Gasteiger partial charge on any atom is 0.178 e. The van der Waals surface area contributed by atoms with Crippen LogP contribution in [0.15, 0.2) is 30.0 Å². The van der Waals surface area contributed by atoms with Gasteiger partial charge in [0.15, 0.2) is 5.78 Å². The van der Waals surface area contributed by atoms with Crippen molar-refractivity contribution in [2.75, 3.05) is 5.32 Å². The Bertz CT molecular complexity index is 529. The number of anilines is 1. The van der Waals surface area contributed by atoms with Crippen LogP contribution >= 0.6 is 11.6 Å². The number of nitrogens with one attached hydrogen (secondary N) is 1. The monoisotopic (exact) mass is 246 g/mol. The highest BCUT2D eigenvalue weighted by molar-refractivity contribution is 6.30. The third-order valence-electron chi connectivity index (χ3n) is 2.63. The molecule has 17 heavy (non-hydrogen) atoms.